The molecule has 0 radical (unpaired) electrons. The van der Waals surface area contributed by atoms with E-state index in [-0.39, 0.29) is 5.13 Å². The molecule has 0 aliphatic rings. The fourth-order valence-corrected chi connectivity index (χ4v) is 1.09. The van der Waals surface area contributed by atoms with Gasteiger partial charge in [0, 0.05) is 17.0 Å². The van der Waals surface area contributed by atoms with Crippen LogP contribution < -0.4 is 5.73 Å². The van der Waals surface area contributed by atoms with Gasteiger partial charge in [0.1, 0.15) is 0 Å². The van der Waals surface area contributed by atoms with E-state index in [0.29, 0.717) is 12.1 Å². The third-order valence-corrected chi connectivity index (χ3v) is 1.62. The van der Waals surface area contributed by atoms with E-state index in [2.05, 4.69) is 11.8 Å². The van der Waals surface area contributed by atoms with Crippen molar-refractivity contribution in [2.24, 2.45) is 5.73 Å². The fourth-order valence-electron chi connectivity index (χ4n) is 0.529. The normalized spacial score (nSPS) is 8.60. The van der Waals surface area contributed by atoms with Crippen molar-refractivity contribution in [2.45, 2.75) is 0 Å². The highest BCUT2D eigenvalue weighted by Gasteiger charge is 1.92. The van der Waals surface area contributed by atoms with Gasteiger partial charge in [0.15, 0.2) is 5.13 Å². The van der Waals surface area contributed by atoms with Gasteiger partial charge >= 0.3 is 0 Å². The molecule has 1 nitrogen and oxygen atoms in total. The van der Waals surface area contributed by atoms with Crippen LogP contribution in [0.5, 0.6) is 0 Å². The van der Waals surface area contributed by atoms with Gasteiger partial charge in [-0.05, 0) is 0 Å². The highest BCUT2D eigenvalue weighted by atomic mass is 32.1. The second-order valence-corrected chi connectivity index (χ2v) is 2.51. The van der Waals surface area contributed by atoms with Gasteiger partial charge in [0.25, 0.3) is 0 Å². The van der Waals surface area contributed by atoms with Gasteiger partial charge in [-0.15, -0.1) is 11.3 Å². The summed E-state index contributed by atoms with van der Waals surface area (Å²) >= 11 is 1.04. The molecule has 0 aliphatic heterocycles. The molecule has 0 amide bonds. The molecule has 0 bridgehead atoms. The lowest BCUT2D eigenvalue weighted by molar-refractivity contribution is 0.657. The van der Waals surface area contributed by atoms with Crippen LogP contribution in [-0.2, 0) is 0 Å². The SMILES string of the molecule is NCC#Cc1csc(F)c1. The molecule has 0 aliphatic carbocycles. The molecule has 0 spiro atoms. The summed E-state index contributed by atoms with van der Waals surface area (Å²) in [4.78, 5) is 0. The molecule has 0 saturated heterocycles. The average molecular weight is 155 g/mol. The van der Waals surface area contributed by atoms with E-state index in [4.69, 9.17) is 5.73 Å². The third kappa shape index (κ3) is 1.83. The molecule has 52 valence electrons. The highest BCUT2D eigenvalue weighted by molar-refractivity contribution is 7.08. The number of hydrogen-bond acceptors (Lipinski definition) is 2. The molecule has 0 atom stereocenters. The Bertz CT molecular complexity index is 269. The Morgan fingerprint density at radius 3 is 3.00 bits per heavy atom. The van der Waals surface area contributed by atoms with Crippen LogP contribution >= 0.6 is 11.3 Å². The Kier molecular flexibility index (Phi) is 2.43. The summed E-state index contributed by atoms with van der Waals surface area (Å²) in [5.41, 5.74) is 5.82. The van der Waals surface area contributed by atoms with Gasteiger partial charge in [0.05, 0.1) is 6.54 Å². The Morgan fingerprint density at radius 1 is 1.70 bits per heavy atom. The van der Waals surface area contributed by atoms with Crippen LogP contribution in [0.1, 0.15) is 5.56 Å². The zero-order valence-corrected chi connectivity index (χ0v) is 6.04. The van der Waals surface area contributed by atoms with Gasteiger partial charge < -0.3 is 5.73 Å². The second-order valence-electron chi connectivity index (χ2n) is 1.65. The number of halogens is 1. The minimum absolute atomic E-state index is 0.207. The second kappa shape index (κ2) is 3.35. The van der Waals surface area contributed by atoms with Crippen LogP contribution in [0.15, 0.2) is 11.4 Å². The molecule has 0 fully saturated rings. The Balaban J connectivity index is 2.76. The molecular formula is C7H6FNS. The lowest BCUT2D eigenvalue weighted by atomic mass is 10.3. The molecule has 1 heterocycles. The standard InChI is InChI=1S/C7H6FNS/c8-7-4-6(5-10-7)2-1-3-9/h4-5H,3,9H2. The highest BCUT2D eigenvalue weighted by Crippen LogP contribution is 2.10. The summed E-state index contributed by atoms with van der Waals surface area (Å²) in [6.45, 7) is 0.317. The van der Waals surface area contributed by atoms with Crippen molar-refractivity contribution >= 4 is 11.3 Å². The van der Waals surface area contributed by atoms with Crippen molar-refractivity contribution in [1.29, 1.82) is 0 Å². The third-order valence-electron chi connectivity index (χ3n) is 0.902. The summed E-state index contributed by atoms with van der Waals surface area (Å²) in [5, 5.41) is 1.46. The first kappa shape index (κ1) is 7.26. The summed E-state index contributed by atoms with van der Waals surface area (Å²) < 4.78 is 12.3. The minimum Gasteiger partial charge on any atom is -0.320 e. The maximum absolute atomic E-state index is 12.3. The molecule has 10 heavy (non-hydrogen) atoms. The summed E-state index contributed by atoms with van der Waals surface area (Å²) in [7, 11) is 0. The van der Waals surface area contributed by atoms with Crippen LogP contribution in [0.2, 0.25) is 0 Å². The smallest absolute Gasteiger partial charge is 0.177 e. The van der Waals surface area contributed by atoms with E-state index in [0.717, 1.165) is 11.3 Å². The van der Waals surface area contributed by atoms with Crippen molar-refractivity contribution in [3.05, 3.63) is 22.1 Å². The minimum atomic E-state index is -0.207. The molecule has 1 aromatic rings. The van der Waals surface area contributed by atoms with Crippen molar-refractivity contribution in [3.63, 3.8) is 0 Å². The van der Waals surface area contributed by atoms with E-state index in [1.807, 2.05) is 0 Å². The van der Waals surface area contributed by atoms with Gasteiger partial charge in [-0.25, -0.2) is 0 Å². The Labute approximate surface area is 62.7 Å². The fraction of sp³-hybridized carbons (Fsp3) is 0.143. The molecular weight excluding hydrogens is 149 g/mol. The number of hydrogen-bond donors (Lipinski definition) is 1. The zero-order valence-electron chi connectivity index (χ0n) is 5.23. The van der Waals surface area contributed by atoms with Crippen molar-refractivity contribution in [1.82, 2.24) is 0 Å². The number of rotatable bonds is 0. The molecule has 0 unspecified atom stereocenters. The van der Waals surface area contributed by atoms with E-state index in [1.54, 1.807) is 5.38 Å². The number of thiophene rings is 1. The Hall–Kier alpha value is -0.850. The molecule has 1 rings (SSSR count). The topological polar surface area (TPSA) is 26.0 Å². The first-order valence-corrected chi connectivity index (χ1v) is 3.64. The van der Waals surface area contributed by atoms with Gasteiger partial charge in [-0.1, -0.05) is 11.8 Å². The van der Waals surface area contributed by atoms with E-state index >= 15 is 0 Å². The molecule has 1 aromatic heterocycles. The predicted octanol–water partition coefficient (Wildman–Crippen LogP) is 1.20. The Morgan fingerprint density at radius 2 is 2.50 bits per heavy atom. The van der Waals surface area contributed by atoms with E-state index in [9.17, 15) is 4.39 Å². The molecule has 3 heteroatoms. The van der Waals surface area contributed by atoms with E-state index in [1.165, 1.54) is 6.07 Å². The largest absolute Gasteiger partial charge is 0.320 e. The quantitative estimate of drug-likeness (QED) is 0.560. The van der Waals surface area contributed by atoms with Gasteiger partial charge in [-0.2, -0.15) is 4.39 Å². The first-order chi connectivity index (χ1) is 4.83. The van der Waals surface area contributed by atoms with Gasteiger partial charge in [-0.3, -0.25) is 0 Å². The maximum atomic E-state index is 12.3. The van der Waals surface area contributed by atoms with Crippen LogP contribution in [0.25, 0.3) is 0 Å². The van der Waals surface area contributed by atoms with Gasteiger partial charge in [0.2, 0.25) is 0 Å². The molecule has 2 N–H and O–H groups in total. The van der Waals surface area contributed by atoms with Crippen LogP contribution in [0, 0.1) is 17.0 Å². The predicted molar refractivity (Wildman–Crippen MR) is 40.2 cm³/mol. The van der Waals surface area contributed by atoms with Crippen molar-refractivity contribution in [3.8, 4) is 11.8 Å². The lowest BCUT2D eigenvalue weighted by Crippen LogP contribution is -1.92. The van der Waals surface area contributed by atoms with Crippen LogP contribution in [0.3, 0.4) is 0 Å². The molecule has 0 saturated carbocycles. The lowest BCUT2D eigenvalue weighted by Gasteiger charge is -1.73. The van der Waals surface area contributed by atoms with Crippen LogP contribution in [-0.4, -0.2) is 6.54 Å². The van der Waals surface area contributed by atoms with Crippen molar-refractivity contribution < 1.29 is 4.39 Å². The zero-order chi connectivity index (χ0) is 7.40. The summed E-state index contributed by atoms with van der Waals surface area (Å²) in [6, 6.07) is 1.40. The van der Waals surface area contributed by atoms with E-state index < -0.39 is 0 Å². The summed E-state index contributed by atoms with van der Waals surface area (Å²) in [5.74, 6) is 5.36. The number of nitrogens with two attached hydrogens (primary N) is 1. The molecule has 0 aromatic carbocycles. The average Bonchev–Trinajstić information content (AvgIpc) is 2.31. The van der Waals surface area contributed by atoms with Crippen molar-refractivity contribution in [2.75, 3.05) is 6.54 Å². The van der Waals surface area contributed by atoms with Crippen LogP contribution in [0.4, 0.5) is 4.39 Å². The monoisotopic (exact) mass is 155 g/mol. The summed E-state index contributed by atoms with van der Waals surface area (Å²) in [6.07, 6.45) is 0. The maximum Gasteiger partial charge on any atom is 0.177 e. The first-order valence-electron chi connectivity index (χ1n) is 2.76.